The molecule has 0 aromatic heterocycles. The van der Waals surface area contributed by atoms with Crippen LogP contribution in [0.4, 0.5) is 4.79 Å². The molecule has 0 heterocycles. The molecule has 0 bridgehead atoms. The number of benzene rings is 1. The maximum Gasteiger partial charge on any atom is 0.411 e. The van der Waals surface area contributed by atoms with E-state index in [4.69, 9.17) is 11.2 Å². The quantitative estimate of drug-likeness (QED) is 0.757. The highest BCUT2D eigenvalue weighted by Crippen LogP contribution is 2.02. The fourth-order valence-corrected chi connectivity index (χ4v) is 1.28. The van der Waals surface area contributed by atoms with Crippen molar-refractivity contribution in [2.24, 2.45) is 0 Å². The molecule has 1 rings (SSSR count). The van der Waals surface area contributed by atoms with Crippen LogP contribution in [0, 0.1) is 24.2 Å². The lowest BCUT2D eigenvalue weighted by Gasteiger charge is -2.16. The number of terminal acetylenes is 1. The van der Waals surface area contributed by atoms with E-state index in [0.29, 0.717) is 0 Å². The van der Waals surface area contributed by atoms with Crippen LogP contribution in [0.15, 0.2) is 30.3 Å². The highest BCUT2D eigenvalue weighted by molar-refractivity contribution is 5.68. The maximum atomic E-state index is 11.8. The summed E-state index contributed by atoms with van der Waals surface area (Å²) in [7, 11) is 0. The molecule has 0 spiro atoms. The molecule has 0 atom stereocenters. The van der Waals surface area contributed by atoms with Crippen molar-refractivity contribution in [2.75, 3.05) is 13.1 Å². The summed E-state index contributed by atoms with van der Waals surface area (Å²) in [6, 6.07) is 9.48. The fraction of sp³-hybridized carbons (Fsp3) is 0.267. The zero-order valence-electron chi connectivity index (χ0n) is 10.3. The fourth-order valence-electron chi connectivity index (χ4n) is 1.28. The van der Waals surface area contributed by atoms with Crippen LogP contribution in [0.2, 0.25) is 0 Å². The van der Waals surface area contributed by atoms with Crippen LogP contribution in [0.25, 0.3) is 0 Å². The molecule has 3 heteroatoms. The van der Waals surface area contributed by atoms with Gasteiger partial charge >= 0.3 is 6.09 Å². The van der Waals surface area contributed by atoms with Gasteiger partial charge in [-0.05, 0) is 12.5 Å². The number of carbonyl (C=O) groups excluding carboxylic acids is 1. The lowest BCUT2D eigenvalue weighted by molar-refractivity contribution is 0.105. The van der Waals surface area contributed by atoms with Crippen molar-refractivity contribution in [3.05, 3.63) is 35.9 Å². The summed E-state index contributed by atoms with van der Waals surface area (Å²) < 4.78 is 5.16. The SMILES string of the molecule is C#CCN(CC#CC)C(=O)OCc1ccccc1. The topological polar surface area (TPSA) is 29.5 Å². The Morgan fingerprint density at radius 2 is 2.06 bits per heavy atom. The lowest BCUT2D eigenvalue weighted by Crippen LogP contribution is -2.32. The van der Waals surface area contributed by atoms with Gasteiger partial charge in [-0.2, -0.15) is 0 Å². The summed E-state index contributed by atoms with van der Waals surface area (Å²) in [4.78, 5) is 13.1. The second-order valence-corrected chi connectivity index (χ2v) is 3.53. The minimum atomic E-state index is -0.445. The van der Waals surface area contributed by atoms with Crippen LogP contribution in [0.1, 0.15) is 12.5 Å². The summed E-state index contributed by atoms with van der Waals surface area (Å²) in [5.74, 6) is 7.92. The average molecular weight is 241 g/mol. The molecule has 92 valence electrons. The molecule has 3 nitrogen and oxygen atoms in total. The second-order valence-electron chi connectivity index (χ2n) is 3.53. The summed E-state index contributed by atoms with van der Waals surface area (Å²) >= 11 is 0. The molecule has 1 aromatic rings. The first-order valence-corrected chi connectivity index (χ1v) is 5.56. The molecule has 0 unspecified atom stereocenters. The van der Waals surface area contributed by atoms with E-state index in [1.54, 1.807) is 6.92 Å². The molecular formula is C15H15NO2. The Kier molecular flexibility index (Phi) is 5.94. The second kappa shape index (κ2) is 7.81. The van der Waals surface area contributed by atoms with Gasteiger partial charge in [0.05, 0.1) is 13.1 Å². The van der Waals surface area contributed by atoms with Crippen molar-refractivity contribution in [1.82, 2.24) is 4.90 Å². The predicted octanol–water partition coefficient (Wildman–Crippen LogP) is 2.28. The van der Waals surface area contributed by atoms with Gasteiger partial charge in [0.25, 0.3) is 0 Å². The Morgan fingerprint density at radius 3 is 2.67 bits per heavy atom. The molecule has 0 saturated heterocycles. The third-order valence-corrected chi connectivity index (χ3v) is 2.19. The van der Waals surface area contributed by atoms with E-state index in [1.165, 1.54) is 4.90 Å². The van der Waals surface area contributed by atoms with Crippen molar-refractivity contribution < 1.29 is 9.53 Å². The molecule has 0 N–H and O–H groups in total. The Bertz CT molecular complexity index is 477. The van der Waals surface area contributed by atoms with E-state index in [0.717, 1.165) is 5.56 Å². The number of carbonyl (C=O) groups is 1. The molecular weight excluding hydrogens is 226 g/mol. The standard InChI is InChI=1S/C15H15NO2/c1-3-5-12-16(11-4-2)15(17)18-13-14-9-7-6-8-10-14/h2,6-10H,11-13H2,1H3. The Morgan fingerprint density at radius 1 is 1.33 bits per heavy atom. The van der Waals surface area contributed by atoms with Crippen LogP contribution >= 0.6 is 0 Å². The molecule has 0 saturated carbocycles. The van der Waals surface area contributed by atoms with E-state index < -0.39 is 6.09 Å². The van der Waals surface area contributed by atoms with E-state index in [1.807, 2.05) is 30.3 Å². The summed E-state index contributed by atoms with van der Waals surface area (Å²) in [6.07, 6.45) is 4.75. The highest BCUT2D eigenvalue weighted by atomic mass is 16.6. The van der Waals surface area contributed by atoms with Crippen LogP contribution in [0.3, 0.4) is 0 Å². The number of hydrogen-bond acceptors (Lipinski definition) is 2. The molecule has 1 amide bonds. The molecule has 0 fully saturated rings. The van der Waals surface area contributed by atoms with Crippen LogP contribution in [-0.2, 0) is 11.3 Å². The van der Waals surface area contributed by atoms with Crippen LogP contribution in [-0.4, -0.2) is 24.1 Å². The smallest absolute Gasteiger partial charge is 0.411 e. The largest absolute Gasteiger partial charge is 0.445 e. The number of nitrogens with zero attached hydrogens (tertiary/aromatic N) is 1. The van der Waals surface area contributed by atoms with Crippen LogP contribution < -0.4 is 0 Å². The van der Waals surface area contributed by atoms with E-state index in [2.05, 4.69) is 17.8 Å². The highest BCUT2D eigenvalue weighted by Gasteiger charge is 2.12. The van der Waals surface area contributed by atoms with E-state index in [-0.39, 0.29) is 19.7 Å². The minimum absolute atomic E-state index is 0.197. The first-order chi connectivity index (χ1) is 8.77. The summed E-state index contributed by atoms with van der Waals surface area (Å²) in [5, 5.41) is 0. The maximum absolute atomic E-state index is 11.8. The van der Waals surface area contributed by atoms with Gasteiger partial charge in [0.1, 0.15) is 6.61 Å². The van der Waals surface area contributed by atoms with Crippen molar-refractivity contribution in [2.45, 2.75) is 13.5 Å². The van der Waals surface area contributed by atoms with Crippen molar-refractivity contribution >= 4 is 6.09 Å². The van der Waals surface area contributed by atoms with E-state index in [9.17, 15) is 4.79 Å². The van der Waals surface area contributed by atoms with Gasteiger partial charge in [-0.25, -0.2) is 4.79 Å². The number of hydrogen-bond donors (Lipinski definition) is 0. The first kappa shape index (κ1) is 13.7. The van der Waals surface area contributed by atoms with Gasteiger partial charge in [-0.1, -0.05) is 42.2 Å². The average Bonchev–Trinajstić information content (AvgIpc) is 2.42. The third-order valence-electron chi connectivity index (χ3n) is 2.19. The van der Waals surface area contributed by atoms with Gasteiger partial charge in [0.15, 0.2) is 0 Å². The van der Waals surface area contributed by atoms with Crippen LogP contribution in [0.5, 0.6) is 0 Å². The lowest BCUT2D eigenvalue weighted by atomic mass is 10.2. The number of ether oxygens (including phenoxy) is 1. The van der Waals surface area contributed by atoms with Crippen molar-refractivity contribution in [3.63, 3.8) is 0 Å². The molecule has 0 aliphatic heterocycles. The summed E-state index contributed by atoms with van der Waals surface area (Å²) in [5.41, 5.74) is 0.938. The Balaban J connectivity index is 2.50. The third kappa shape index (κ3) is 4.63. The zero-order valence-corrected chi connectivity index (χ0v) is 10.3. The zero-order chi connectivity index (χ0) is 13.2. The molecule has 18 heavy (non-hydrogen) atoms. The number of rotatable bonds is 4. The molecule has 1 aromatic carbocycles. The molecule has 0 radical (unpaired) electrons. The van der Waals surface area contributed by atoms with Gasteiger partial charge in [0.2, 0.25) is 0 Å². The van der Waals surface area contributed by atoms with Gasteiger partial charge in [0, 0.05) is 0 Å². The Labute approximate surface area is 108 Å². The molecule has 0 aliphatic carbocycles. The summed E-state index contributed by atoms with van der Waals surface area (Å²) in [6.45, 7) is 2.43. The van der Waals surface area contributed by atoms with E-state index >= 15 is 0 Å². The molecule has 0 aliphatic rings. The minimum Gasteiger partial charge on any atom is -0.445 e. The van der Waals surface area contributed by atoms with Gasteiger partial charge < -0.3 is 4.74 Å². The normalized spacial score (nSPS) is 8.67. The monoisotopic (exact) mass is 241 g/mol. The van der Waals surface area contributed by atoms with Crippen molar-refractivity contribution in [1.29, 1.82) is 0 Å². The first-order valence-electron chi connectivity index (χ1n) is 5.56. The predicted molar refractivity (Wildman–Crippen MR) is 70.5 cm³/mol. The number of amides is 1. The van der Waals surface area contributed by atoms with Crippen molar-refractivity contribution in [3.8, 4) is 24.2 Å². The van der Waals surface area contributed by atoms with Gasteiger partial charge in [-0.15, -0.1) is 12.3 Å². The van der Waals surface area contributed by atoms with Gasteiger partial charge in [-0.3, -0.25) is 4.90 Å². The Hall–Kier alpha value is -2.39.